The molecule has 1 unspecified atom stereocenters. The Hall–Kier alpha value is -2.19. The van der Waals surface area contributed by atoms with Crippen molar-refractivity contribution in [2.24, 2.45) is 0 Å². The Kier molecular flexibility index (Phi) is 6.85. The van der Waals surface area contributed by atoms with E-state index in [0.29, 0.717) is 10.6 Å². The quantitative estimate of drug-likeness (QED) is 0.684. The largest absolute Gasteiger partial charge is 0.462 e. The van der Waals surface area contributed by atoms with Gasteiger partial charge < -0.3 is 14.8 Å². The molecular formula is C20H23NO5S2. The number of esters is 2. The minimum Gasteiger partial charge on any atom is -0.462 e. The van der Waals surface area contributed by atoms with Gasteiger partial charge >= 0.3 is 11.9 Å². The Labute approximate surface area is 171 Å². The average molecular weight is 422 g/mol. The molecule has 28 heavy (non-hydrogen) atoms. The highest BCUT2D eigenvalue weighted by Gasteiger charge is 2.28. The van der Waals surface area contributed by atoms with Gasteiger partial charge in [0.15, 0.2) is 6.10 Å². The molecule has 1 N–H and O–H groups in total. The van der Waals surface area contributed by atoms with Crippen molar-refractivity contribution in [3.05, 3.63) is 38.4 Å². The Bertz CT molecular complexity index is 856. The summed E-state index contributed by atoms with van der Waals surface area (Å²) < 4.78 is 10.4. The van der Waals surface area contributed by atoms with E-state index in [4.69, 9.17) is 9.47 Å². The van der Waals surface area contributed by atoms with Crippen LogP contribution in [0.4, 0.5) is 5.00 Å². The van der Waals surface area contributed by atoms with Crippen molar-refractivity contribution >= 4 is 45.5 Å². The molecule has 1 aliphatic rings. The predicted octanol–water partition coefficient (Wildman–Crippen LogP) is 3.98. The molecule has 2 heterocycles. The first kappa shape index (κ1) is 20.5. The second-order valence-corrected chi connectivity index (χ2v) is 8.65. The number of carbonyl (C=O) groups is 3. The van der Waals surface area contributed by atoms with Crippen LogP contribution in [0, 0.1) is 0 Å². The molecule has 0 bridgehead atoms. The van der Waals surface area contributed by atoms with Gasteiger partial charge in [-0.3, -0.25) is 9.59 Å². The zero-order valence-corrected chi connectivity index (χ0v) is 17.5. The molecule has 6 nitrogen and oxygen atoms in total. The average Bonchev–Trinajstić information content (AvgIpc) is 3.28. The van der Waals surface area contributed by atoms with Gasteiger partial charge in [0.25, 0.3) is 5.91 Å². The lowest BCUT2D eigenvalue weighted by Crippen LogP contribution is -2.30. The van der Waals surface area contributed by atoms with Crippen LogP contribution in [0.15, 0.2) is 17.5 Å². The van der Waals surface area contributed by atoms with Gasteiger partial charge in [0, 0.05) is 9.75 Å². The fourth-order valence-electron chi connectivity index (χ4n) is 3.13. The highest BCUT2D eigenvalue weighted by atomic mass is 32.1. The Morgan fingerprint density at radius 1 is 1.25 bits per heavy atom. The Morgan fingerprint density at radius 3 is 2.75 bits per heavy atom. The zero-order chi connectivity index (χ0) is 20.1. The van der Waals surface area contributed by atoms with Crippen LogP contribution in [0.25, 0.3) is 0 Å². The molecular weight excluding hydrogens is 398 g/mol. The molecule has 3 rings (SSSR count). The molecule has 0 saturated heterocycles. The van der Waals surface area contributed by atoms with Gasteiger partial charge in [-0.25, -0.2) is 4.79 Å². The van der Waals surface area contributed by atoms with Crippen molar-refractivity contribution in [2.75, 3.05) is 11.9 Å². The molecule has 0 aromatic carbocycles. The maximum absolute atomic E-state index is 12.6. The summed E-state index contributed by atoms with van der Waals surface area (Å²) in [5.41, 5.74) is 1.43. The van der Waals surface area contributed by atoms with Crippen molar-refractivity contribution in [3.8, 4) is 0 Å². The molecule has 0 spiro atoms. The fourth-order valence-corrected chi connectivity index (χ4v) is 5.11. The summed E-state index contributed by atoms with van der Waals surface area (Å²) in [7, 11) is 0. The van der Waals surface area contributed by atoms with E-state index in [1.54, 1.807) is 6.92 Å². The summed E-state index contributed by atoms with van der Waals surface area (Å²) in [5, 5.41) is 5.14. The number of thiophene rings is 2. The number of rotatable bonds is 7. The summed E-state index contributed by atoms with van der Waals surface area (Å²) >= 11 is 2.88. The number of ether oxygens (including phenoxy) is 2. The van der Waals surface area contributed by atoms with Crippen LogP contribution < -0.4 is 5.32 Å². The van der Waals surface area contributed by atoms with E-state index in [0.717, 1.165) is 41.0 Å². The van der Waals surface area contributed by atoms with Crippen LogP contribution in [0.1, 0.15) is 52.4 Å². The van der Waals surface area contributed by atoms with Crippen molar-refractivity contribution in [2.45, 2.75) is 52.1 Å². The van der Waals surface area contributed by atoms with Crippen molar-refractivity contribution in [1.29, 1.82) is 0 Å². The molecule has 0 saturated carbocycles. The monoisotopic (exact) mass is 421 g/mol. The number of anilines is 1. The third kappa shape index (κ3) is 4.80. The summed E-state index contributed by atoms with van der Waals surface area (Å²) in [4.78, 5) is 39.0. The molecule has 1 amide bonds. The van der Waals surface area contributed by atoms with Crippen molar-refractivity contribution < 1.29 is 23.9 Å². The maximum atomic E-state index is 12.6. The van der Waals surface area contributed by atoms with Gasteiger partial charge in [-0.05, 0) is 56.5 Å². The van der Waals surface area contributed by atoms with Crippen LogP contribution in [-0.2, 0) is 38.3 Å². The number of aryl methyl sites for hydroxylation is 1. The summed E-state index contributed by atoms with van der Waals surface area (Å²) in [6.45, 7) is 3.55. The van der Waals surface area contributed by atoms with Gasteiger partial charge in [-0.15, -0.1) is 22.7 Å². The lowest BCUT2D eigenvalue weighted by atomic mass is 9.95. The topological polar surface area (TPSA) is 81.7 Å². The number of fused-ring (bicyclic) bond motifs is 1. The molecule has 0 radical (unpaired) electrons. The van der Waals surface area contributed by atoms with Gasteiger partial charge in [-0.2, -0.15) is 0 Å². The van der Waals surface area contributed by atoms with E-state index in [9.17, 15) is 14.4 Å². The second kappa shape index (κ2) is 9.34. The van der Waals surface area contributed by atoms with Gasteiger partial charge in [0.2, 0.25) is 0 Å². The molecule has 1 atom stereocenters. The molecule has 150 valence electrons. The summed E-state index contributed by atoms with van der Waals surface area (Å²) in [6, 6.07) is 3.71. The predicted molar refractivity (Wildman–Crippen MR) is 109 cm³/mol. The Balaban J connectivity index is 1.69. The first-order chi connectivity index (χ1) is 13.5. The summed E-state index contributed by atoms with van der Waals surface area (Å²) in [5.74, 6) is -1.33. The lowest BCUT2D eigenvalue weighted by Gasteiger charge is -2.14. The maximum Gasteiger partial charge on any atom is 0.341 e. The number of amides is 1. The van der Waals surface area contributed by atoms with Gasteiger partial charge in [-0.1, -0.05) is 6.07 Å². The third-order valence-electron chi connectivity index (χ3n) is 4.46. The lowest BCUT2D eigenvalue weighted by molar-refractivity contribution is -0.152. The number of carbonyl (C=O) groups excluding carboxylic acids is 3. The van der Waals surface area contributed by atoms with Crippen LogP contribution in [0.5, 0.6) is 0 Å². The standard InChI is InChI=1S/C20H23NO5S2/c1-3-25-20(24)17-14-8-4-5-9-15(14)28-19(17)21-18(23)12(2)26-16(22)11-13-7-6-10-27-13/h6-7,10,12H,3-5,8-9,11H2,1-2H3,(H,21,23). The van der Waals surface area contributed by atoms with E-state index in [1.165, 1.54) is 29.6 Å². The van der Waals surface area contributed by atoms with E-state index in [1.807, 2.05) is 17.5 Å². The fraction of sp³-hybridized carbons (Fsp3) is 0.450. The van der Waals surface area contributed by atoms with Gasteiger partial charge in [0.1, 0.15) is 5.00 Å². The number of hydrogen-bond donors (Lipinski definition) is 1. The number of hydrogen-bond acceptors (Lipinski definition) is 7. The molecule has 2 aromatic heterocycles. The van der Waals surface area contributed by atoms with Crippen molar-refractivity contribution in [3.63, 3.8) is 0 Å². The molecule has 2 aromatic rings. The van der Waals surface area contributed by atoms with Crippen LogP contribution in [0.2, 0.25) is 0 Å². The SMILES string of the molecule is CCOC(=O)c1c(NC(=O)C(C)OC(=O)Cc2cccs2)sc2c1CCCC2. The van der Waals surface area contributed by atoms with Crippen LogP contribution in [-0.4, -0.2) is 30.6 Å². The normalized spacial score (nSPS) is 14.1. The molecule has 0 fully saturated rings. The smallest absolute Gasteiger partial charge is 0.341 e. The zero-order valence-electron chi connectivity index (χ0n) is 15.9. The first-order valence-electron chi connectivity index (χ1n) is 9.34. The Morgan fingerprint density at radius 2 is 2.04 bits per heavy atom. The molecule has 0 aliphatic heterocycles. The third-order valence-corrected chi connectivity index (χ3v) is 6.55. The second-order valence-electron chi connectivity index (χ2n) is 6.51. The van der Waals surface area contributed by atoms with E-state index in [-0.39, 0.29) is 13.0 Å². The van der Waals surface area contributed by atoms with Crippen LogP contribution >= 0.6 is 22.7 Å². The highest BCUT2D eigenvalue weighted by molar-refractivity contribution is 7.17. The molecule has 1 aliphatic carbocycles. The minimum absolute atomic E-state index is 0.136. The van der Waals surface area contributed by atoms with E-state index < -0.39 is 23.9 Å². The van der Waals surface area contributed by atoms with E-state index in [2.05, 4.69) is 5.32 Å². The summed E-state index contributed by atoms with van der Waals surface area (Å²) in [6.07, 6.45) is 2.97. The van der Waals surface area contributed by atoms with Crippen LogP contribution in [0.3, 0.4) is 0 Å². The van der Waals surface area contributed by atoms with Gasteiger partial charge in [0.05, 0.1) is 18.6 Å². The molecule has 8 heteroatoms. The first-order valence-corrected chi connectivity index (χ1v) is 11.0. The van der Waals surface area contributed by atoms with Crippen molar-refractivity contribution in [1.82, 2.24) is 0 Å². The van der Waals surface area contributed by atoms with E-state index >= 15 is 0 Å². The minimum atomic E-state index is -0.957. The number of nitrogens with one attached hydrogen (secondary N) is 1. The highest BCUT2D eigenvalue weighted by Crippen LogP contribution is 2.38.